The Morgan fingerprint density at radius 3 is 2.50 bits per heavy atom. The molecular formula is C22H25N3O. The molecule has 0 aliphatic carbocycles. The van der Waals surface area contributed by atoms with Crippen molar-refractivity contribution in [1.29, 1.82) is 0 Å². The number of hydrogen-bond acceptors (Lipinski definition) is 3. The first-order valence-corrected chi connectivity index (χ1v) is 8.85. The van der Waals surface area contributed by atoms with Crippen LogP contribution in [0.4, 0.5) is 11.4 Å². The van der Waals surface area contributed by atoms with Crippen molar-refractivity contribution in [1.82, 2.24) is 4.90 Å². The van der Waals surface area contributed by atoms with Crippen LogP contribution in [0.2, 0.25) is 0 Å². The molecule has 0 saturated heterocycles. The lowest BCUT2D eigenvalue weighted by Gasteiger charge is -2.23. The number of hydrogen-bond donors (Lipinski definition) is 1. The van der Waals surface area contributed by atoms with E-state index in [0.717, 1.165) is 29.2 Å². The molecule has 1 aliphatic heterocycles. The first-order chi connectivity index (χ1) is 12.5. The molecule has 0 saturated carbocycles. The van der Waals surface area contributed by atoms with Crippen molar-refractivity contribution in [2.24, 2.45) is 0 Å². The van der Waals surface area contributed by atoms with E-state index in [2.05, 4.69) is 18.8 Å². The summed E-state index contributed by atoms with van der Waals surface area (Å²) in [6.45, 7) is 6.52. The predicted octanol–water partition coefficient (Wildman–Crippen LogP) is 4.28. The highest BCUT2D eigenvalue weighted by Crippen LogP contribution is 2.33. The van der Waals surface area contributed by atoms with Gasteiger partial charge in [0.1, 0.15) is 5.82 Å². The van der Waals surface area contributed by atoms with Gasteiger partial charge in [0.05, 0.1) is 17.9 Å². The van der Waals surface area contributed by atoms with Crippen LogP contribution in [0.25, 0.3) is 0 Å². The van der Waals surface area contributed by atoms with Crippen molar-refractivity contribution in [3.8, 4) is 0 Å². The second-order valence-electron chi connectivity index (χ2n) is 6.56. The molecule has 26 heavy (non-hydrogen) atoms. The third-order valence-corrected chi connectivity index (χ3v) is 4.63. The zero-order valence-corrected chi connectivity index (χ0v) is 15.6. The largest absolute Gasteiger partial charge is 0.364 e. The molecule has 2 aromatic rings. The van der Waals surface area contributed by atoms with Crippen LogP contribution in [0.15, 0.2) is 72.6 Å². The Kier molecular flexibility index (Phi) is 5.12. The molecule has 3 rings (SSSR count). The van der Waals surface area contributed by atoms with Gasteiger partial charge in [0.15, 0.2) is 0 Å². The molecule has 0 fully saturated rings. The summed E-state index contributed by atoms with van der Waals surface area (Å²) in [7, 11) is 3.96. The van der Waals surface area contributed by atoms with E-state index in [9.17, 15) is 4.79 Å². The van der Waals surface area contributed by atoms with Crippen LogP contribution in [-0.4, -0.2) is 31.4 Å². The topological polar surface area (TPSA) is 35.6 Å². The average molecular weight is 347 g/mol. The zero-order valence-electron chi connectivity index (χ0n) is 15.6. The third-order valence-electron chi connectivity index (χ3n) is 4.63. The molecule has 2 aromatic carbocycles. The fraction of sp³-hybridized carbons (Fsp3) is 0.227. The molecule has 0 radical (unpaired) electrons. The van der Waals surface area contributed by atoms with Crippen LogP contribution in [0.1, 0.15) is 22.8 Å². The lowest BCUT2D eigenvalue weighted by atomic mass is 10.1. The van der Waals surface area contributed by atoms with Gasteiger partial charge in [0.2, 0.25) is 0 Å². The van der Waals surface area contributed by atoms with Crippen molar-refractivity contribution in [2.75, 3.05) is 30.9 Å². The van der Waals surface area contributed by atoms with Gasteiger partial charge in [-0.25, -0.2) is 0 Å². The maximum Gasteiger partial charge on any atom is 0.258 e. The van der Waals surface area contributed by atoms with E-state index in [0.29, 0.717) is 12.1 Å². The molecule has 1 heterocycles. The van der Waals surface area contributed by atoms with Crippen LogP contribution in [0, 0.1) is 0 Å². The normalized spacial score (nSPS) is 13.6. The molecule has 1 amide bonds. The van der Waals surface area contributed by atoms with Crippen LogP contribution in [-0.2, 0) is 6.42 Å². The van der Waals surface area contributed by atoms with E-state index in [4.69, 9.17) is 0 Å². The summed E-state index contributed by atoms with van der Waals surface area (Å²) in [4.78, 5) is 17.1. The number of nitrogens with zero attached hydrogens (tertiary/aromatic N) is 2. The number of fused-ring (bicyclic) bond motifs is 1. The van der Waals surface area contributed by atoms with Gasteiger partial charge in [-0.1, -0.05) is 43.8 Å². The minimum atomic E-state index is -0.0127. The first-order valence-electron chi connectivity index (χ1n) is 8.85. The van der Waals surface area contributed by atoms with Crippen molar-refractivity contribution >= 4 is 17.3 Å². The highest BCUT2D eigenvalue weighted by molar-refractivity contribution is 6.08. The molecule has 1 N–H and O–H groups in total. The Hall–Kier alpha value is -3.01. The van der Waals surface area contributed by atoms with Crippen molar-refractivity contribution < 1.29 is 4.79 Å². The number of benzene rings is 2. The minimum Gasteiger partial charge on any atom is -0.364 e. The van der Waals surface area contributed by atoms with Crippen molar-refractivity contribution in [3.05, 3.63) is 83.7 Å². The van der Waals surface area contributed by atoms with Crippen LogP contribution in [0.3, 0.4) is 0 Å². The Morgan fingerprint density at radius 2 is 1.88 bits per heavy atom. The van der Waals surface area contributed by atoms with E-state index in [1.54, 1.807) is 0 Å². The molecule has 0 spiro atoms. The molecule has 0 bridgehead atoms. The number of carbonyl (C=O) groups excluding carboxylic acids is 1. The van der Waals surface area contributed by atoms with Gasteiger partial charge >= 0.3 is 0 Å². The average Bonchev–Trinajstić information content (AvgIpc) is 2.84. The van der Waals surface area contributed by atoms with Gasteiger partial charge in [0.25, 0.3) is 5.91 Å². The van der Waals surface area contributed by atoms with E-state index < -0.39 is 0 Å². The second kappa shape index (κ2) is 7.48. The maximum atomic E-state index is 13.3. The van der Waals surface area contributed by atoms with Crippen molar-refractivity contribution in [3.63, 3.8) is 0 Å². The number of rotatable bonds is 4. The minimum absolute atomic E-state index is 0.0127. The Labute approximate surface area is 155 Å². The van der Waals surface area contributed by atoms with E-state index in [-0.39, 0.29) is 5.91 Å². The molecule has 4 heteroatoms. The van der Waals surface area contributed by atoms with Crippen LogP contribution < -0.4 is 10.2 Å². The fourth-order valence-electron chi connectivity index (χ4n) is 3.13. The quantitative estimate of drug-likeness (QED) is 0.897. The summed E-state index contributed by atoms with van der Waals surface area (Å²) in [6, 6.07) is 15.7. The van der Waals surface area contributed by atoms with E-state index >= 15 is 0 Å². The Morgan fingerprint density at radius 1 is 1.19 bits per heavy atom. The van der Waals surface area contributed by atoms with Gasteiger partial charge in [-0.15, -0.1) is 0 Å². The number of aryl methyl sites for hydroxylation is 1. The van der Waals surface area contributed by atoms with Crippen LogP contribution >= 0.6 is 0 Å². The van der Waals surface area contributed by atoms with E-state index in [1.165, 1.54) is 5.56 Å². The highest BCUT2D eigenvalue weighted by atomic mass is 16.2. The number of nitrogens with one attached hydrogen (secondary N) is 1. The van der Waals surface area contributed by atoms with E-state index in [1.807, 2.05) is 78.5 Å². The summed E-state index contributed by atoms with van der Waals surface area (Å²) < 4.78 is 0. The highest BCUT2D eigenvalue weighted by Gasteiger charge is 2.25. The monoisotopic (exact) mass is 347 g/mol. The van der Waals surface area contributed by atoms with Gasteiger partial charge < -0.3 is 15.1 Å². The Bertz CT molecular complexity index is 850. The number of anilines is 2. The van der Waals surface area contributed by atoms with Gasteiger partial charge in [-0.2, -0.15) is 0 Å². The Balaban J connectivity index is 2.06. The van der Waals surface area contributed by atoms with Crippen molar-refractivity contribution in [2.45, 2.75) is 13.3 Å². The summed E-state index contributed by atoms with van der Waals surface area (Å²) in [5, 5.41) is 3.45. The molecule has 0 aromatic heterocycles. The van der Waals surface area contributed by atoms with Gasteiger partial charge in [-0.3, -0.25) is 4.79 Å². The molecular weight excluding hydrogens is 322 g/mol. The molecule has 4 nitrogen and oxygen atoms in total. The number of carbonyl (C=O) groups is 1. The second-order valence-corrected chi connectivity index (χ2v) is 6.56. The molecule has 0 atom stereocenters. The molecule has 134 valence electrons. The molecule has 0 unspecified atom stereocenters. The molecule has 1 aliphatic rings. The summed E-state index contributed by atoms with van der Waals surface area (Å²) in [5.41, 5.74) is 4.67. The van der Waals surface area contributed by atoms with Gasteiger partial charge in [0, 0.05) is 25.2 Å². The standard InChI is InChI=1S/C22H25N3O/c1-5-16-11-13-18(14-12-16)22(26)25-15-17(6-2)21(24(3)4)23-19-9-7-8-10-20(19)25/h6-14,23H,2,5,15H2,1,3-4H3. The SMILES string of the molecule is C=CC1=C(N(C)C)Nc2ccccc2N(C(=O)c2ccc(CC)cc2)C1. The fourth-order valence-corrected chi connectivity index (χ4v) is 3.13. The summed E-state index contributed by atoms with van der Waals surface area (Å²) in [5.74, 6) is 0.936. The lowest BCUT2D eigenvalue weighted by Crippen LogP contribution is -2.32. The van der Waals surface area contributed by atoms with Gasteiger partial charge in [-0.05, 0) is 36.2 Å². The van der Waals surface area contributed by atoms with Crippen LogP contribution in [0.5, 0.6) is 0 Å². The number of amides is 1. The lowest BCUT2D eigenvalue weighted by molar-refractivity contribution is 0.0989. The number of para-hydroxylation sites is 2. The first kappa shape index (κ1) is 17.8. The summed E-state index contributed by atoms with van der Waals surface area (Å²) >= 11 is 0. The predicted molar refractivity (Wildman–Crippen MR) is 108 cm³/mol. The maximum absolute atomic E-state index is 13.3. The third kappa shape index (κ3) is 3.36. The zero-order chi connectivity index (χ0) is 18.7. The smallest absolute Gasteiger partial charge is 0.258 e. The summed E-state index contributed by atoms with van der Waals surface area (Å²) in [6.07, 6.45) is 2.77.